The number of ether oxygens (including phenoxy) is 2. The van der Waals surface area contributed by atoms with Crippen molar-refractivity contribution >= 4 is 68.7 Å². The first-order valence-corrected chi connectivity index (χ1v) is 12.6. The van der Waals surface area contributed by atoms with Crippen molar-refractivity contribution in [2.24, 2.45) is 0 Å². The van der Waals surface area contributed by atoms with E-state index < -0.39 is 23.8 Å². The van der Waals surface area contributed by atoms with Crippen molar-refractivity contribution in [1.29, 1.82) is 0 Å². The lowest BCUT2D eigenvalue weighted by molar-refractivity contribution is -0.122. The molecule has 9 nitrogen and oxygen atoms in total. The molecule has 5 amide bonds. The van der Waals surface area contributed by atoms with E-state index in [1.54, 1.807) is 73.7 Å². The van der Waals surface area contributed by atoms with Crippen LogP contribution in [0.15, 0.2) is 76.8 Å². The largest absolute Gasteiger partial charge is 0.490 e. The Morgan fingerprint density at radius 2 is 1.76 bits per heavy atom. The van der Waals surface area contributed by atoms with E-state index in [-0.39, 0.29) is 30.3 Å². The van der Waals surface area contributed by atoms with E-state index in [1.165, 1.54) is 6.08 Å². The number of carbonyl (C=O) groups excluding carboxylic acids is 4. The van der Waals surface area contributed by atoms with Crippen LogP contribution in [-0.2, 0) is 14.4 Å². The Morgan fingerprint density at radius 1 is 1.05 bits per heavy atom. The number of hydrogen-bond acceptors (Lipinski definition) is 6. The van der Waals surface area contributed by atoms with E-state index in [9.17, 15) is 19.2 Å². The lowest BCUT2D eigenvalue weighted by atomic mass is 10.1. The minimum absolute atomic E-state index is 0.240. The van der Waals surface area contributed by atoms with Crippen molar-refractivity contribution in [3.63, 3.8) is 0 Å². The number of barbiturate groups is 1. The average molecular weight is 599 g/mol. The zero-order valence-electron chi connectivity index (χ0n) is 20.0. The number of urea groups is 1. The Kier molecular flexibility index (Phi) is 8.45. The van der Waals surface area contributed by atoms with Crippen molar-refractivity contribution in [3.8, 4) is 11.5 Å². The topological polar surface area (TPSA) is 114 Å². The first kappa shape index (κ1) is 26.9. The lowest BCUT2D eigenvalue weighted by Gasteiger charge is -2.26. The number of imide groups is 2. The fourth-order valence-electron chi connectivity index (χ4n) is 3.60. The molecule has 0 aromatic heterocycles. The molecule has 0 saturated carbocycles. The van der Waals surface area contributed by atoms with Crippen LogP contribution in [0.4, 0.5) is 16.2 Å². The molecule has 3 aromatic rings. The van der Waals surface area contributed by atoms with E-state index in [0.29, 0.717) is 26.4 Å². The van der Waals surface area contributed by atoms with E-state index in [0.717, 1.165) is 4.90 Å². The highest BCUT2D eigenvalue weighted by atomic mass is 79.9. The molecule has 0 bridgehead atoms. The van der Waals surface area contributed by atoms with Crippen molar-refractivity contribution in [1.82, 2.24) is 5.32 Å². The summed E-state index contributed by atoms with van der Waals surface area (Å²) in [6.07, 6.45) is 1.35. The van der Waals surface area contributed by atoms with E-state index in [2.05, 4.69) is 26.6 Å². The number of amides is 5. The van der Waals surface area contributed by atoms with Crippen LogP contribution in [-0.4, -0.2) is 37.0 Å². The number of nitrogens with one attached hydrogen (secondary N) is 2. The van der Waals surface area contributed by atoms with Crippen LogP contribution < -0.4 is 25.0 Å². The standard InChI is InChI=1S/C27H21BrClN3O6/c1-2-37-22-14-16(12-18-25(34)31-27(36)32(26(18)35)17-8-4-3-5-9-17)13-19(28)24(22)38-15-23(33)30-21-11-7-6-10-20(21)29/h3-14H,2,15H2,1H3,(H,30,33)(H,31,34,36)/b18-12-. The second-order valence-electron chi connectivity index (χ2n) is 7.87. The summed E-state index contributed by atoms with van der Waals surface area (Å²) in [6.45, 7) is 1.72. The number of nitrogens with zero attached hydrogens (tertiary/aromatic N) is 1. The number of rotatable bonds is 8. The van der Waals surface area contributed by atoms with Gasteiger partial charge in [-0.25, -0.2) is 9.69 Å². The Hall–Kier alpha value is -4.15. The quantitative estimate of drug-likeness (QED) is 0.273. The van der Waals surface area contributed by atoms with Crippen LogP contribution in [0.25, 0.3) is 6.08 Å². The summed E-state index contributed by atoms with van der Waals surface area (Å²) in [5, 5.41) is 5.25. The van der Waals surface area contributed by atoms with Crippen molar-refractivity contribution in [2.75, 3.05) is 23.4 Å². The maximum Gasteiger partial charge on any atom is 0.335 e. The molecule has 0 radical (unpaired) electrons. The molecule has 0 spiro atoms. The number of para-hydroxylation sites is 2. The van der Waals surface area contributed by atoms with Gasteiger partial charge in [-0.05, 0) is 70.9 Å². The second kappa shape index (κ2) is 11.9. The Balaban J connectivity index is 1.58. The first-order chi connectivity index (χ1) is 18.3. The summed E-state index contributed by atoms with van der Waals surface area (Å²) < 4.78 is 11.8. The van der Waals surface area contributed by atoms with Gasteiger partial charge in [0.1, 0.15) is 5.57 Å². The Labute approximate surface area is 231 Å². The van der Waals surface area contributed by atoms with Crippen LogP contribution in [0, 0.1) is 0 Å². The lowest BCUT2D eigenvalue weighted by Crippen LogP contribution is -2.54. The smallest absolute Gasteiger partial charge is 0.335 e. The highest BCUT2D eigenvalue weighted by Gasteiger charge is 2.36. The van der Waals surface area contributed by atoms with Gasteiger partial charge in [-0.1, -0.05) is 41.9 Å². The molecule has 0 atom stereocenters. The molecule has 1 fully saturated rings. The van der Waals surface area contributed by atoms with Gasteiger partial charge in [0, 0.05) is 0 Å². The van der Waals surface area contributed by atoms with Gasteiger partial charge in [0.05, 0.1) is 27.5 Å². The third-order valence-corrected chi connectivity index (χ3v) is 6.17. The van der Waals surface area contributed by atoms with Gasteiger partial charge in [0.25, 0.3) is 17.7 Å². The molecular weight excluding hydrogens is 578 g/mol. The summed E-state index contributed by atoms with van der Waals surface area (Å²) in [5.74, 6) is -1.50. The van der Waals surface area contributed by atoms with Crippen LogP contribution >= 0.6 is 27.5 Å². The average Bonchev–Trinajstić information content (AvgIpc) is 2.88. The van der Waals surface area contributed by atoms with Crippen LogP contribution in [0.1, 0.15) is 12.5 Å². The first-order valence-electron chi connectivity index (χ1n) is 11.4. The second-order valence-corrected chi connectivity index (χ2v) is 9.13. The number of hydrogen-bond donors (Lipinski definition) is 2. The zero-order valence-corrected chi connectivity index (χ0v) is 22.3. The van der Waals surface area contributed by atoms with Gasteiger partial charge in [-0.2, -0.15) is 0 Å². The molecule has 1 aliphatic heterocycles. The van der Waals surface area contributed by atoms with E-state index >= 15 is 0 Å². The van der Waals surface area contributed by atoms with Crippen LogP contribution in [0.3, 0.4) is 0 Å². The molecule has 1 heterocycles. The molecule has 38 heavy (non-hydrogen) atoms. The molecule has 1 saturated heterocycles. The summed E-state index contributed by atoms with van der Waals surface area (Å²) in [4.78, 5) is 51.3. The highest BCUT2D eigenvalue weighted by Crippen LogP contribution is 2.38. The molecule has 194 valence electrons. The van der Waals surface area contributed by atoms with Gasteiger partial charge in [-0.3, -0.25) is 19.7 Å². The van der Waals surface area contributed by atoms with Gasteiger partial charge in [0.15, 0.2) is 18.1 Å². The number of carbonyl (C=O) groups is 4. The number of benzene rings is 3. The molecule has 1 aliphatic rings. The van der Waals surface area contributed by atoms with Gasteiger partial charge in [-0.15, -0.1) is 0 Å². The summed E-state index contributed by atoms with van der Waals surface area (Å²) in [7, 11) is 0. The maximum atomic E-state index is 13.1. The predicted molar refractivity (Wildman–Crippen MR) is 146 cm³/mol. The fourth-order valence-corrected chi connectivity index (χ4v) is 4.35. The maximum absolute atomic E-state index is 13.1. The Bertz CT molecular complexity index is 1440. The molecular formula is C27H21BrClN3O6. The minimum Gasteiger partial charge on any atom is -0.490 e. The van der Waals surface area contributed by atoms with Crippen molar-refractivity contribution in [2.45, 2.75) is 6.92 Å². The molecule has 3 aromatic carbocycles. The number of anilines is 2. The van der Waals surface area contributed by atoms with Crippen molar-refractivity contribution in [3.05, 3.63) is 87.4 Å². The summed E-state index contributed by atoms with van der Waals surface area (Å²) in [5.41, 5.74) is 0.959. The van der Waals surface area contributed by atoms with E-state index in [1.807, 2.05) is 0 Å². The predicted octanol–water partition coefficient (Wildman–Crippen LogP) is 5.19. The SMILES string of the molecule is CCOc1cc(/C=C2/C(=O)NC(=O)N(c3ccccc3)C2=O)cc(Br)c1OCC(=O)Nc1ccccc1Cl. The van der Waals surface area contributed by atoms with Crippen LogP contribution in [0.2, 0.25) is 5.02 Å². The highest BCUT2D eigenvalue weighted by molar-refractivity contribution is 9.10. The summed E-state index contributed by atoms with van der Waals surface area (Å²) >= 11 is 9.50. The van der Waals surface area contributed by atoms with Crippen LogP contribution in [0.5, 0.6) is 11.5 Å². The third-order valence-electron chi connectivity index (χ3n) is 5.25. The molecule has 2 N–H and O–H groups in total. The normalized spacial score (nSPS) is 14.3. The van der Waals surface area contributed by atoms with Gasteiger partial charge >= 0.3 is 6.03 Å². The molecule has 4 rings (SSSR count). The summed E-state index contributed by atoms with van der Waals surface area (Å²) in [6, 6.07) is 17.4. The molecule has 0 unspecified atom stereocenters. The number of halogens is 2. The van der Waals surface area contributed by atoms with Crippen molar-refractivity contribution < 1.29 is 28.7 Å². The third kappa shape index (κ3) is 6.04. The Morgan fingerprint density at radius 3 is 2.47 bits per heavy atom. The van der Waals surface area contributed by atoms with Gasteiger partial charge in [0.2, 0.25) is 0 Å². The minimum atomic E-state index is -0.835. The van der Waals surface area contributed by atoms with E-state index in [4.69, 9.17) is 21.1 Å². The fraction of sp³-hybridized carbons (Fsp3) is 0.111. The molecule has 0 aliphatic carbocycles. The monoisotopic (exact) mass is 597 g/mol. The molecule has 11 heteroatoms. The zero-order chi connectivity index (χ0) is 27.2. The van der Waals surface area contributed by atoms with Gasteiger partial charge < -0.3 is 14.8 Å².